The van der Waals surface area contributed by atoms with Gasteiger partial charge in [0, 0.05) is 0 Å². The topological polar surface area (TPSA) is 104 Å². The molecule has 0 fully saturated rings. The summed E-state index contributed by atoms with van der Waals surface area (Å²) >= 11 is 5.84. The normalized spacial score (nSPS) is 11.1. The lowest BCUT2D eigenvalue weighted by Crippen LogP contribution is -2.05. The molecule has 0 aliphatic rings. The maximum Gasteiger partial charge on any atom is 0.343 e. The van der Waals surface area contributed by atoms with Crippen molar-refractivity contribution in [2.24, 2.45) is 0 Å². The minimum atomic E-state index is -0.496. The Kier molecular flexibility index (Phi) is 2.83. The first kappa shape index (κ1) is 12.5. The van der Waals surface area contributed by atoms with E-state index in [0.717, 1.165) is 0 Å². The molecule has 0 N–H and O–H groups in total. The summed E-state index contributed by atoms with van der Waals surface area (Å²) in [5.74, 6) is 0.514. The largest absolute Gasteiger partial charge is 0.358 e. The standard InChI is InChI=1S/C10H8ClN7O2/c1-2-16-8(18(19)20)5-12-9(16)10-14-13-7-4-3-6(11)15-17(7)10/h3-5H,2H2,1H3. The Bertz CT molecular complexity index is 809. The Morgan fingerprint density at radius 1 is 1.35 bits per heavy atom. The van der Waals surface area contributed by atoms with Crippen molar-refractivity contribution >= 4 is 23.1 Å². The van der Waals surface area contributed by atoms with Crippen LogP contribution in [0.4, 0.5) is 5.82 Å². The minimum absolute atomic E-state index is 0.110. The van der Waals surface area contributed by atoms with Gasteiger partial charge < -0.3 is 10.1 Å². The zero-order valence-corrected chi connectivity index (χ0v) is 11.0. The van der Waals surface area contributed by atoms with E-state index in [1.807, 2.05) is 0 Å². The lowest BCUT2D eigenvalue weighted by molar-refractivity contribution is -0.392. The van der Waals surface area contributed by atoms with Gasteiger partial charge in [0.05, 0.1) is 6.54 Å². The maximum atomic E-state index is 10.9. The Morgan fingerprint density at radius 3 is 2.85 bits per heavy atom. The Hall–Kier alpha value is -2.55. The second-order valence-corrected chi connectivity index (χ2v) is 4.28. The van der Waals surface area contributed by atoms with Crippen molar-refractivity contribution in [1.29, 1.82) is 0 Å². The first-order chi connectivity index (χ1) is 9.61. The highest BCUT2D eigenvalue weighted by atomic mass is 35.5. The van der Waals surface area contributed by atoms with Gasteiger partial charge >= 0.3 is 5.82 Å². The third-order valence-corrected chi connectivity index (χ3v) is 2.97. The number of hydrogen-bond donors (Lipinski definition) is 0. The predicted molar refractivity (Wildman–Crippen MR) is 69.3 cm³/mol. The van der Waals surface area contributed by atoms with Crippen LogP contribution >= 0.6 is 11.6 Å². The maximum absolute atomic E-state index is 10.9. The molecule has 3 aromatic heterocycles. The van der Waals surface area contributed by atoms with Crippen molar-refractivity contribution in [2.75, 3.05) is 0 Å². The van der Waals surface area contributed by atoms with E-state index < -0.39 is 4.92 Å². The molecule has 0 aliphatic carbocycles. The molecule has 9 nitrogen and oxygen atoms in total. The summed E-state index contributed by atoms with van der Waals surface area (Å²) in [6, 6.07) is 3.24. The van der Waals surface area contributed by atoms with E-state index in [2.05, 4.69) is 20.3 Å². The number of imidazole rings is 1. The Morgan fingerprint density at radius 2 is 2.15 bits per heavy atom. The van der Waals surface area contributed by atoms with Crippen LogP contribution in [0.5, 0.6) is 0 Å². The van der Waals surface area contributed by atoms with Gasteiger partial charge in [0.25, 0.3) is 5.82 Å². The first-order valence-electron chi connectivity index (χ1n) is 5.70. The molecule has 0 saturated carbocycles. The van der Waals surface area contributed by atoms with Gasteiger partial charge in [0.1, 0.15) is 11.3 Å². The number of nitro groups is 1. The predicted octanol–water partition coefficient (Wildman–Crippen LogP) is 1.57. The quantitative estimate of drug-likeness (QED) is 0.536. The summed E-state index contributed by atoms with van der Waals surface area (Å²) in [5.41, 5.74) is 0.484. The molecule has 0 unspecified atom stereocenters. The smallest absolute Gasteiger partial charge is 0.343 e. The number of aromatic nitrogens is 6. The van der Waals surface area contributed by atoms with E-state index in [1.165, 1.54) is 15.3 Å². The van der Waals surface area contributed by atoms with Crippen LogP contribution in [0.25, 0.3) is 17.3 Å². The average Bonchev–Trinajstić information content (AvgIpc) is 3.00. The summed E-state index contributed by atoms with van der Waals surface area (Å²) in [5, 5.41) is 23.2. The zero-order valence-electron chi connectivity index (χ0n) is 10.3. The highest BCUT2D eigenvalue weighted by molar-refractivity contribution is 6.29. The van der Waals surface area contributed by atoms with Gasteiger partial charge in [-0.3, -0.25) is 0 Å². The number of fused-ring (bicyclic) bond motifs is 1. The highest BCUT2D eigenvalue weighted by Gasteiger charge is 2.24. The van der Waals surface area contributed by atoms with Crippen LogP contribution in [0.15, 0.2) is 18.3 Å². The van der Waals surface area contributed by atoms with Crippen LogP contribution in [-0.2, 0) is 6.54 Å². The second-order valence-electron chi connectivity index (χ2n) is 3.89. The molecular formula is C10H8ClN7O2. The van der Waals surface area contributed by atoms with Crippen LogP contribution < -0.4 is 0 Å². The third kappa shape index (κ3) is 1.79. The monoisotopic (exact) mass is 293 g/mol. The van der Waals surface area contributed by atoms with Crippen LogP contribution in [-0.4, -0.2) is 34.3 Å². The molecule has 3 aromatic rings. The van der Waals surface area contributed by atoms with Crippen LogP contribution in [0.3, 0.4) is 0 Å². The van der Waals surface area contributed by atoms with Gasteiger partial charge in [-0.2, -0.15) is 9.61 Å². The Balaban J connectivity index is 2.26. The number of rotatable bonds is 3. The van der Waals surface area contributed by atoms with Crippen molar-refractivity contribution in [1.82, 2.24) is 29.4 Å². The van der Waals surface area contributed by atoms with Crippen molar-refractivity contribution in [3.63, 3.8) is 0 Å². The molecule has 0 aliphatic heterocycles. The van der Waals surface area contributed by atoms with Gasteiger partial charge in [0.2, 0.25) is 5.82 Å². The van der Waals surface area contributed by atoms with Crippen LogP contribution in [0.1, 0.15) is 6.92 Å². The molecule has 0 bridgehead atoms. The summed E-state index contributed by atoms with van der Waals surface area (Å²) < 4.78 is 2.83. The van der Waals surface area contributed by atoms with E-state index >= 15 is 0 Å². The molecule has 102 valence electrons. The molecule has 0 saturated heterocycles. The van der Waals surface area contributed by atoms with Crippen LogP contribution in [0.2, 0.25) is 5.15 Å². The number of hydrogen-bond acceptors (Lipinski definition) is 6. The molecule has 3 rings (SSSR count). The molecule has 0 spiro atoms. The van der Waals surface area contributed by atoms with E-state index in [9.17, 15) is 10.1 Å². The lowest BCUT2D eigenvalue weighted by Gasteiger charge is -2.00. The fourth-order valence-electron chi connectivity index (χ4n) is 1.91. The van der Waals surface area contributed by atoms with Crippen molar-refractivity contribution < 1.29 is 4.92 Å². The molecule has 0 atom stereocenters. The number of halogens is 1. The van der Waals surface area contributed by atoms with E-state index in [-0.39, 0.29) is 11.0 Å². The summed E-state index contributed by atoms with van der Waals surface area (Å²) in [6.45, 7) is 2.16. The van der Waals surface area contributed by atoms with Crippen molar-refractivity contribution in [3.05, 3.63) is 33.6 Å². The lowest BCUT2D eigenvalue weighted by atomic mass is 10.5. The summed E-state index contributed by atoms with van der Waals surface area (Å²) in [6.07, 6.45) is 1.18. The van der Waals surface area contributed by atoms with Gasteiger partial charge in [-0.25, -0.2) is 9.55 Å². The van der Waals surface area contributed by atoms with Gasteiger partial charge in [-0.05, 0) is 24.0 Å². The first-order valence-corrected chi connectivity index (χ1v) is 6.08. The van der Waals surface area contributed by atoms with Crippen molar-refractivity contribution in [3.8, 4) is 11.6 Å². The van der Waals surface area contributed by atoms with Gasteiger partial charge in [-0.1, -0.05) is 11.6 Å². The SMILES string of the molecule is CCn1c([N+](=O)[O-])cnc1-c1nnc2ccc(Cl)nn12. The second kappa shape index (κ2) is 4.53. The van der Waals surface area contributed by atoms with Crippen molar-refractivity contribution in [2.45, 2.75) is 13.5 Å². The summed E-state index contributed by atoms with van der Waals surface area (Å²) in [4.78, 5) is 14.5. The number of nitrogens with zero attached hydrogens (tertiary/aromatic N) is 7. The fourth-order valence-corrected chi connectivity index (χ4v) is 2.05. The summed E-state index contributed by atoms with van der Waals surface area (Å²) in [7, 11) is 0. The van der Waals surface area contributed by atoms with E-state index in [1.54, 1.807) is 19.1 Å². The Labute approximate surface area is 117 Å². The van der Waals surface area contributed by atoms with E-state index in [0.29, 0.717) is 23.8 Å². The third-order valence-electron chi connectivity index (χ3n) is 2.77. The van der Waals surface area contributed by atoms with Gasteiger partial charge in [0.15, 0.2) is 5.65 Å². The highest BCUT2D eigenvalue weighted by Crippen LogP contribution is 2.22. The zero-order chi connectivity index (χ0) is 14.3. The molecule has 0 amide bonds. The van der Waals surface area contributed by atoms with Gasteiger partial charge in [-0.15, -0.1) is 10.2 Å². The molecular weight excluding hydrogens is 286 g/mol. The molecule has 20 heavy (non-hydrogen) atoms. The molecule has 0 radical (unpaired) electrons. The molecule has 0 aromatic carbocycles. The van der Waals surface area contributed by atoms with Crippen LogP contribution in [0, 0.1) is 10.1 Å². The molecule has 10 heteroatoms. The fraction of sp³-hybridized carbons (Fsp3) is 0.200. The minimum Gasteiger partial charge on any atom is -0.358 e. The molecule has 3 heterocycles. The van der Waals surface area contributed by atoms with E-state index in [4.69, 9.17) is 11.6 Å². The average molecular weight is 294 g/mol.